The minimum Gasteiger partial charge on any atom is -0.480 e. The SMILES string of the molecule is CC(CCNC(=O)OCC1c2ccccc2-c2ccccc21)CC(=O)N1CSC[C@H]1C(=O)O. The van der Waals surface area contributed by atoms with E-state index in [9.17, 15) is 19.5 Å². The number of ether oxygens (including phenoxy) is 1. The number of carboxylic acids is 1. The van der Waals surface area contributed by atoms with E-state index in [1.165, 1.54) is 38.9 Å². The molecule has 0 radical (unpaired) electrons. The van der Waals surface area contributed by atoms with Crippen LogP contribution in [0.2, 0.25) is 0 Å². The van der Waals surface area contributed by atoms with E-state index in [1.807, 2.05) is 31.2 Å². The fourth-order valence-corrected chi connectivity index (χ4v) is 5.65. The van der Waals surface area contributed by atoms with Crippen LogP contribution in [0.1, 0.15) is 36.8 Å². The number of carbonyl (C=O) groups excluding carboxylic acids is 2. The Labute approximate surface area is 197 Å². The van der Waals surface area contributed by atoms with E-state index < -0.39 is 18.1 Å². The fraction of sp³-hybridized carbons (Fsp3) is 0.400. The minimum absolute atomic E-state index is 0.0141. The summed E-state index contributed by atoms with van der Waals surface area (Å²) >= 11 is 1.45. The van der Waals surface area contributed by atoms with Crippen molar-refractivity contribution >= 4 is 29.7 Å². The maximum Gasteiger partial charge on any atom is 0.407 e. The highest BCUT2D eigenvalue weighted by molar-refractivity contribution is 7.99. The number of carbonyl (C=O) groups is 3. The normalized spacial score (nSPS) is 17.8. The molecule has 1 fully saturated rings. The van der Waals surface area contributed by atoms with Gasteiger partial charge in [-0.1, -0.05) is 55.5 Å². The van der Waals surface area contributed by atoms with Gasteiger partial charge in [0.2, 0.25) is 5.91 Å². The highest BCUT2D eigenvalue weighted by Gasteiger charge is 2.34. The molecular weight excluding hydrogens is 440 g/mol. The molecule has 8 heteroatoms. The third-order valence-electron chi connectivity index (χ3n) is 6.26. The zero-order valence-corrected chi connectivity index (χ0v) is 19.3. The lowest BCUT2D eigenvalue weighted by Crippen LogP contribution is -2.42. The van der Waals surface area contributed by atoms with E-state index in [4.69, 9.17) is 4.74 Å². The van der Waals surface area contributed by atoms with Crippen molar-refractivity contribution in [2.75, 3.05) is 24.8 Å². The van der Waals surface area contributed by atoms with E-state index in [1.54, 1.807) is 0 Å². The highest BCUT2D eigenvalue weighted by Crippen LogP contribution is 2.44. The van der Waals surface area contributed by atoms with Gasteiger partial charge in [-0.25, -0.2) is 9.59 Å². The molecule has 7 nitrogen and oxygen atoms in total. The largest absolute Gasteiger partial charge is 0.480 e. The van der Waals surface area contributed by atoms with E-state index in [2.05, 4.69) is 29.6 Å². The number of benzene rings is 2. The van der Waals surface area contributed by atoms with Crippen molar-refractivity contribution in [3.05, 3.63) is 59.7 Å². The van der Waals surface area contributed by atoms with Gasteiger partial charge in [0.15, 0.2) is 0 Å². The van der Waals surface area contributed by atoms with Crippen molar-refractivity contribution in [2.45, 2.75) is 31.7 Å². The van der Waals surface area contributed by atoms with Gasteiger partial charge in [0.05, 0.1) is 5.88 Å². The number of hydrogen-bond donors (Lipinski definition) is 2. The summed E-state index contributed by atoms with van der Waals surface area (Å²) in [6, 6.07) is 15.6. The molecule has 2 aromatic carbocycles. The molecule has 33 heavy (non-hydrogen) atoms. The summed E-state index contributed by atoms with van der Waals surface area (Å²) in [5, 5.41) is 12.0. The van der Waals surface area contributed by atoms with Gasteiger partial charge in [-0.05, 0) is 34.6 Å². The van der Waals surface area contributed by atoms with Crippen LogP contribution in [0.3, 0.4) is 0 Å². The molecule has 1 unspecified atom stereocenters. The molecular formula is C25H28N2O5S. The average Bonchev–Trinajstić information content (AvgIpc) is 3.41. The van der Waals surface area contributed by atoms with E-state index in [-0.39, 0.29) is 30.8 Å². The third kappa shape index (κ3) is 5.16. The van der Waals surface area contributed by atoms with Gasteiger partial charge in [0.25, 0.3) is 0 Å². The number of thioether (sulfide) groups is 1. The van der Waals surface area contributed by atoms with Crippen molar-refractivity contribution < 1.29 is 24.2 Å². The molecule has 0 bridgehead atoms. The van der Waals surface area contributed by atoms with Crippen LogP contribution in [0.4, 0.5) is 4.79 Å². The predicted octanol–water partition coefficient (Wildman–Crippen LogP) is 3.93. The maximum atomic E-state index is 12.5. The zero-order valence-electron chi connectivity index (χ0n) is 18.5. The fourth-order valence-electron chi connectivity index (χ4n) is 4.48. The van der Waals surface area contributed by atoms with Crippen LogP contribution in [0.5, 0.6) is 0 Å². The van der Waals surface area contributed by atoms with Crippen molar-refractivity contribution in [2.24, 2.45) is 5.92 Å². The van der Waals surface area contributed by atoms with Crippen molar-refractivity contribution in [1.29, 1.82) is 0 Å². The molecule has 2 aromatic rings. The first-order valence-corrected chi connectivity index (χ1v) is 12.3. The number of aliphatic carboxylic acids is 1. The lowest BCUT2D eigenvalue weighted by atomic mass is 9.98. The Balaban J connectivity index is 1.22. The highest BCUT2D eigenvalue weighted by atomic mass is 32.2. The van der Waals surface area contributed by atoms with Gasteiger partial charge in [-0.2, -0.15) is 0 Å². The average molecular weight is 469 g/mol. The standard InChI is InChI=1S/C25H28N2O5S/c1-16(12-23(28)27-15-33-14-22(27)24(29)30)10-11-26-25(31)32-13-21-19-8-4-2-6-17(19)18-7-3-5-9-20(18)21/h2-9,16,21-22H,10-15H2,1H3,(H,26,31)(H,29,30)/t16?,22-/m0/s1. The summed E-state index contributed by atoms with van der Waals surface area (Å²) < 4.78 is 5.53. The number of amides is 2. The van der Waals surface area contributed by atoms with E-state index in [0.29, 0.717) is 24.6 Å². The molecule has 0 aromatic heterocycles. The lowest BCUT2D eigenvalue weighted by molar-refractivity contribution is -0.148. The quantitative estimate of drug-likeness (QED) is 0.610. The van der Waals surface area contributed by atoms with Crippen LogP contribution in [0.15, 0.2) is 48.5 Å². The topological polar surface area (TPSA) is 95.9 Å². The second-order valence-corrected chi connectivity index (χ2v) is 9.57. The molecule has 2 atom stereocenters. The Morgan fingerprint density at radius 2 is 1.76 bits per heavy atom. The molecule has 2 aliphatic rings. The molecule has 2 amide bonds. The zero-order chi connectivity index (χ0) is 23.4. The van der Waals surface area contributed by atoms with Crippen LogP contribution < -0.4 is 5.32 Å². The first-order chi connectivity index (χ1) is 16.0. The summed E-state index contributed by atoms with van der Waals surface area (Å²) in [5.41, 5.74) is 4.70. The number of fused-ring (bicyclic) bond motifs is 3. The van der Waals surface area contributed by atoms with E-state index in [0.717, 1.165) is 0 Å². The van der Waals surface area contributed by atoms with Gasteiger partial charge in [-0.15, -0.1) is 11.8 Å². The van der Waals surface area contributed by atoms with Crippen LogP contribution >= 0.6 is 11.8 Å². The molecule has 1 aliphatic carbocycles. The number of hydrogen-bond acceptors (Lipinski definition) is 5. The van der Waals surface area contributed by atoms with Gasteiger partial charge < -0.3 is 20.1 Å². The summed E-state index contributed by atoms with van der Waals surface area (Å²) in [5.74, 6) is -0.232. The monoisotopic (exact) mass is 468 g/mol. The molecule has 4 rings (SSSR count). The van der Waals surface area contributed by atoms with Gasteiger partial charge in [0.1, 0.15) is 12.6 Å². The van der Waals surface area contributed by atoms with E-state index >= 15 is 0 Å². The van der Waals surface area contributed by atoms with Gasteiger partial charge in [0, 0.05) is 24.6 Å². The second-order valence-electron chi connectivity index (χ2n) is 8.57. The summed E-state index contributed by atoms with van der Waals surface area (Å²) in [6.07, 6.45) is 0.392. The number of nitrogens with one attached hydrogen (secondary N) is 1. The van der Waals surface area contributed by atoms with Crippen LogP contribution in [0.25, 0.3) is 11.1 Å². The van der Waals surface area contributed by atoms with Crippen molar-refractivity contribution in [3.8, 4) is 11.1 Å². The first kappa shape index (κ1) is 23.2. The van der Waals surface area contributed by atoms with Gasteiger partial charge >= 0.3 is 12.1 Å². The number of nitrogens with zero attached hydrogens (tertiary/aromatic N) is 1. The smallest absolute Gasteiger partial charge is 0.407 e. The predicted molar refractivity (Wildman–Crippen MR) is 127 cm³/mol. The number of alkyl carbamates (subject to hydrolysis) is 1. The molecule has 1 aliphatic heterocycles. The van der Waals surface area contributed by atoms with Crippen molar-refractivity contribution in [1.82, 2.24) is 10.2 Å². The molecule has 174 valence electrons. The molecule has 1 heterocycles. The Kier molecular flexibility index (Phi) is 7.23. The van der Waals surface area contributed by atoms with Crippen LogP contribution in [-0.4, -0.2) is 58.8 Å². The number of rotatable bonds is 8. The first-order valence-electron chi connectivity index (χ1n) is 11.1. The number of carboxylic acid groups (broad SMARTS) is 1. The van der Waals surface area contributed by atoms with Crippen LogP contribution in [-0.2, 0) is 14.3 Å². The van der Waals surface area contributed by atoms with Gasteiger partial charge in [-0.3, -0.25) is 4.79 Å². The third-order valence-corrected chi connectivity index (χ3v) is 7.27. The Morgan fingerprint density at radius 1 is 1.12 bits per heavy atom. The summed E-state index contributed by atoms with van der Waals surface area (Å²) in [7, 11) is 0. The Hall–Kier alpha value is -3.00. The molecule has 0 saturated carbocycles. The summed E-state index contributed by atoms with van der Waals surface area (Å²) in [4.78, 5) is 37.4. The second kappa shape index (κ2) is 10.3. The molecule has 0 spiro atoms. The minimum atomic E-state index is -0.960. The summed E-state index contributed by atoms with van der Waals surface area (Å²) in [6.45, 7) is 2.58. The molecule has 1 saturated heterocycles. The maximum absolute atomic E-state index is 12.5. The van der Waals surface area contributed by atoms with Crippen molar-refractivity contribution in [3.63, 3.8) is 0 Å². The Bertz CT molecular complexity index is 997. The lowest BCUT2D eigenvalue weighted by Gasteiger charge is -2.22. The van der Waals surface area contributed by atoms with Crippen LogP contribution in [0, 0.1) is 5.92 Å². The Morgan fingerprint density at radius 3 is 2.39 bits per heavy atom. The molecule has 2 N–H and O–H groups in total.